The monoisotopic (exact) mass is 436 g/mol. The van der Waals surface area contributed by atoms with E-state index in [1.807, 2.05) is 13.8 Å². The number of amides is 2. The molecule has 1 aliphatic carbocycles. The minimum absolute atomic E-state index is 0.0247. The van der Waals surface area contributed by atoms with Gasteiger partial charge in [0, 0.05) is 6.42 Å². The highest BCUT2D eigenvalue weighted by Gasteiger charge is 2.44. The summed E-state index contributed by atoms with van der Waals surface area (Å²) in [5, 5.41) is 14.7. The standard InChI is InChI=1S/C22H32N2O5S/c1-4-29-20(27)17(13-15-7-9-16(25)10-8-15)23-21(28)22(11-5-6-12-22)24-19(26)18(30)14(2)3/h7-10,14,17-18,25,30H,4-6,11-13H2,1-3H3,(H,23,28)(H,24,26)/t17-,18?/m0/s1. The van der Waals surface area contributed by atoms with Crippen molar-refractivity contribution in [3.8, 4) is 5.75 Å². The highest BCUT2D eigenvalue weighted by atomic mass is 32.1. The summed E-state index contributed by atoms with van der Waals surface area (Å²) in [6.45, 7) is 5.69. The fraction of sp³-hybridized carbons (Fsp3) is 0.591. The Labute approximate surface area is 183 Å². The van der Waals surface area contributed by atoms with Crippen molar-refractivity contribution in [2.45, 2.75) is 69.7 Å². The predicted octanol–water partition coefficient (Wildman–Crippen LogP) is 2.37. The van der Waals surface area contributed by atoms with Crippen molar-refractivity contribution in [3.63, 3.8) is 0 Å². The number of thiol groups is 1. The van der Waals surface area contributed by atoms with Crippen LogP contribution in [-0.2, 0) is 25.5 Å². The first-order valence-electron chi connectivity index (χ1n) is 10.4. The van der Waals surface area contributed by atoms with E-state index in [9.17, 15) is 19.5 Å². The van der Waals surface area contributed by atoms with Crippen molar-refractivity contribution >= 4 is 30.4 Å². The fourth-order valence-electron chi connectivity index (χ4n) is 3.60. The van der Waals surface area contributed by atoms with E-state index in [0.29, 0.717) is 12.8 Å². The maximum atomic E-state index is 13.3. The predicted molar refractivity (Wildman–Crippen MR) is 117 cm³/mol. The van der Waals surface area contributed by atoms with Crippen LogP contribution >= 0.6 is 12.6 Å². The number of aromatic hydroxyl groups is 1. The second-order valence-electron chi connectivity index (χ2n) is 8.12. The van der Waals surface area contributed by atoms with Gasteiger partial charge >= 0.3 is 5.97 Å². The summed E-state index contributed by atoms with van der Waals surface area (Å²) in [5.41, 5.74) is -0.280. The first-order chi connectivity index (χ1) is 14.2. The molecular formula is C22H32N2O5S. The van der Waals surface area contributed by atoms with Crippen molar-refractivity contribution in [3.05, 3.63) is 29.8 Å². The summed E-state index contributed by atoms with van der Waals surface area (Å²) in [6, 6.07) is 5.53. The smallest absolute Gasteiger partial charge is 0.328 e. The quantitative estimate of drug-likeness (QED) is 0.351. The Balaban J connectivity index is 2.18. The van der Waals surface area contributed by atoms with Gasteiger partial charge in [0.1, 0.15) is 17.3 Å². The van der Waals surface area contributed by atoms with Crippen LogP contribution in [0.5, 0.6) is 5.75 Å². The van der Waals surface area contributed by atoms with Gasteiger partial charge in [-0.25, -0.2) is 4.79 Å². The molecule has 0 spiro atoms. The van der Waals surface area contributed by atoms with Crippen LogP contribution in [0.2, 0.25) is 0 Å². The molecule has 3 N–H and O–H groups in total. The average Bonchev–Trinajstić information content (AvgIpc) is 3.18. The van der Waals surface area contributed by atoms with E-state index < -0.39 is 22.8 Å². The lowest BCUT2D eigenvalue weighted by Gasteiger charge is -2.32. The molecule has 0 aromatic heterocycles. The Morgan fingerprint density at radius 3 is 2.30 bits per heavy atom. The molecule has 1 saturated carbocycles. The molecule has 0 bridgehead atoms. The third-order valence-corrected chi connectivity index (χ3v) is 6.24. The van der Waals surface area contributed by atoms with Crippen LogP contribution in [0.3, 0.4) is 0 Å². The van der Waals surface area contributed by atoms with Crippen molar-refractivity contribution < 1.29 is 24.2 Å². The van der Waals surface area contributed by atoms with Crippen LogP contribution < -0.4 is 10.6 Å². The molecule has 0 saturated heterocycles. The SMILES string of the molecule is CCOC(=O)[C@H](Cc1ccc(O)cc1)NC(=O)C1(NC(=O)C(S)C(C)C)CCCC1. The Bertz CT molecular complexity index is 744. The molecule has 1 unspecified atom stereocenters. The molecule has 2 atom stereocenters. The van der Waals surface area contributed by atoms with E-state index in [2.05, 4.69) is 23.3 Å². The number of carbonyl (C=O) groups is 3. The number of rotatable bonds is 9. The maximum absolute atomic E-state index is 13.3. The second kappa shape index (κ2) is 10.7. The minimum Gasteiger partial charge on any atom is -0.508 e. The molecule has 30 heavy (non-hydrogen) atoms. The van der Waals surface area contributed by atoms with Gasteiger partial charge in [-0.15, -0.1) is 0 Å². The van der Waals surface area contributed by atoms with E-state index >= 15 is 0 Å². The number of phenols is 1. The summed E-state index contributed by atoms with van der Waals surface area (Å²) in [4.78, 5) is 38.4. The number of hydrogen-bond donors (Lipinski definition) is 4. The number of ether oxygens (including phenoxy) is 1. The van der Waals surface area contributed by atoms with Crippen LogP contribution in [0.15, 0.2) is 24.3 Å². The maximum Gasteiger partial charge on any atom is 0.328 e. The van der Waals surface area contributed by atoms with Crippen LogP contribution in [-0.4, -0.2) is 46.3 Å². The Morgan fingerprint density at radius 2 is 1.77 bits per heavy atom. The van der Waals surface area contributed by atoms with Gasteiger partial charge in [0.15, 0.2) is 0 Å². The molecule has 1 aliphatic rings. The zero-order chi connectivity index (χ0) is 22.3. The molecule has 1 aromatic carbocycles. The summed E-state index contributed by atoms with van der Waals surface area (Å²) in [5.74, 6) is -1.05. The zero-order valence-electron chi connectivity index (χ0n) is 17.8. The topological polar surface area (TPSA) is 105 Å². The lowest BCUT2D eigenvalue weighted by Crippen LogP contribution is -2.61. The Morgan fingerprint density at radius 1 is 1.17 bits per heavy atom. The molecule has 166 valence electrons. The third kappa shape index (κ3) is 6.14. The number of nitrogens with one attached hydrogen (secondary N) is 2. The van der Waals surface area contributed by atoms with E-state index in [-0.39, 0.29) is 36.5 Å². The second-order valence-corrected chi connectivity index (χ2v) is 8.67. The number of carbonyl (C=O) groups excluding carboxylic acids is 3. The van der Waals surface area contributed by atoms with Gasteiger partial charge in [0.2, 0.25) is 11.8 Å². The van der Waals surface area contributed by atoms with Gasteiger partial charge < -0.3 is 20.5 Å². The van der Waals surface area contributed by atoms with Crippen molar-refractivity contribution in [1.29, 1.82) is 0 Å². The first-order valence-corrected chi connectivity index (χ1v) is 11.0. The van der Waals surface area contributed by atoms with Crippen LogP contribution in [0.25, 0.3) is 0 Å². The summed E-state index contributed by atoms with van der Waals surface area (Å²) in [6.07, 6.45) is 2.87. The molecule has 7 nitrogen and oxygen atoms in total. The van der Waals surface area contributed by atoms with E-state index in [4.69, 9.17) is 4.74 Å². The van der Waals surface area contributed by atoms with Gasteiger partial charge in [-0.1, -0.05) is 38.8 Å². The lowest BCUT2D eigenvalue weighted by atomic mass is 9.94. The number of phenolic OH excluding ortho intramolecular Hbond substituents is 1. The Kier molecular flexibility index (Phi) is 8.58. The Hall–Kier alpha value is -2.22. The molecule has 0 aliphatic heterocycles. The van der Waals surface area contributed by atoms with E-state index in [1.54, 1.807) is 19.1 Å². The summed E-state index contributed by atoms with van der Waals surface area (Å²) in [7, 11) is 0. The molecule has 0 heterocycles. The van der Waals surface area contributed by atoms with Gasteiger partial charge in [-0.05, 0) is 43.4 Å². The van der Waals surface area contributed by atoms with Crippen molar-refractivity contribution in [2.75, 3.05) is 6.61 Å². The van der Waals surface area contributed by atoms with Crippen LogP contribution in [0.1, 0.15) is 52.0 Å². The molecular weight excluding hydrogens is 404 g/mol. The highest BCUT2D eigenvalue weighted by molar-refractivity contribution is 7.81. The minimum atomic E-state index is -1.05. The molecule has 2 rings (SSSR count). The van der Waals surface area contributed by atoms with Crippen molar-refractivity contribution in [1.82, 2.24) is 10.6 Å². The van der Waals surface area contributed by atoms with Crippen LogP contribution in [0.4, 0.5) is 0 Å². The van der Waals surface area contributed by atoms with Gasteiger partial charge in [-0.2, -0.15) is 12.6 Å². The number of esters is 1. The van der Waals surface area contributed by atoms with E-state index in [1.165, 1.54) is 12.1 Å². The van der Waals surface area contributed by atoms with Gasteiger partial charge in [-0.3, -0.25) is 9.59 Å². The first kappa shape index (κ1) is 24.1. The lowest BCUT2D eigenvalue weighted by molar-refractivity contribution is -0.148. The summed E-state index contributed by atoms with van der Waals surface area (Å²) >= 11 is 4.36. The molecule has 8 heteroatoms. The third-order valence-electron chi connectivity index (χ3n) is 5.41. The van der Waals surface area contributed by atoms with Gasteiger partial charge in [0.25, 0.3) is 0 Å². The summed E-state index contributed by atoms with van der Waals surface area (Å²) < 4.78 is 5.14. The normalized spacial score (nSPS) is 17.2. The highest BCUT2D eigenvalue weighted by Crippen LogP contribution is 2.31. The molecule has 2 amide bonds. The molecule has 1 aromatic rings. The van der Waals surface area contributed by atoms with E-state index in [0.717, 1.165) is 18.4 Å². The number of benzene rings is 1. The zero-order valence-corrected chi connectivity index (χ0v) is 18.7. The number of hydrogen-bond acceptors (Lipinski definition) is 6. The van der Waals surface area contributed by atoms with Crippen LogP contribution in [0, 0.1) is 5.92 Å². The van der Waals surface area contributed by atoms with Crippen molar-refractivity contribution in [2.24, 2.45) is 5.92 Å². The largest absolute Gasteiger partial charge is 0.508 e. The molecule has 0 radical (unpaired) electrons. The molecule has 1 fully saturated rings. The van der Waals surface area contributed by atoms with Gasteiger partial charge in [0.05, 0.1) is 11.9 Å². The average molecular weight is 437 g/mol. The fourth-order valence-corrected chi connectivity index (χ4v) is 3.66.